The number of aliphatic hydroxyl groups excluding tert-OH is 1. The number of Topliss-reactive ketones (excluding diaryl/α,β-unsaturated/α-hetero) is 1. The molecule has 3 atom stereocenters. The van der Waals surface area contributed by atoms with Crippen LogP contribution >= 0.6 is 11.3 Å². The summed E-state index contributed by atoms with van der Waals surface area (Å²) in [4.78, 5) is 24.5. The van der Waals surface area contributed by atoms with Crippen LogP contribution in [0.15, 0.2) is 42.5 Å². The lowest BCUT2D eigenvalue weighted by Crippen LogP contribution is -2.19. The second-order valence-corrected chi connectivity index (χ2v) is 7.64. The summed E-state index contributed by atoms with van der Waals surface area (Å²) in [5.41, 5.74) is 0.873. The highest BCUT2D eigenvalue weighted by Crippen LogP contribution is 2.33. The summed E-state index contributed by atoms with van der Waals surface area (Å²) in [6, 6.07) is 13.0. The van der Waals surface area contributed by atoms with Crippen LogP contribution in [0.25, 0.3) is 0 Å². The van der Waals surface area contributed by atoms with Crippen molar-refractivity contribution in [1.29, 1.82) is 0 Å². The van der Waals surface area contributed by atoms with Gasteiger partial charge in [0.2, 0.25) is 0 Å². The van der Waals surface area contributed by atoms with Gasteiger partial charge in [-0.1, -0.05) is 30.0 Å². The smallest absolute Gasteiger partial charge is 0.345 e. The zero-order valence-corrected chi connectivity index (χ0v) is 15.0. The Labute approximate surface area is 156 Å². The van der Waals surface area contributed by atoms with E-state index >= 15 is 0 Å². The number of aryl methyl sites for hydroxylation is 1. The summed E-state index contributed by atoms with van der Waals surface area (Å²) >= 11 is 1.27. The molecule has 1 aliphatic rings. The van der Waals surface area contributed by atoms with E-state index < -0.39 is 12.1 Å². The van der Waals surface area contributed by atoms with Crippen molar-refractivity contribution >= 4 is 23.1 Å². The molecule has 134 valence electrons. The summed E-state index contributed by atoms with van der Waals surface area (Å²) in [7, 11) is 0. The molecule has 1 saturated carbocycles. The van der Waals surface area contributed by atoms with Crippen LogP contribution in [0.3, 0.4) is 0 Å². The zero-order valence-electron chi connectivity index (χ0n) is 14.2. The molecular weight excluding hydrogens is 348 g/mol. The number of carbonyl (C=O) groups is 2. The molecule has 4 nitrogen and oxygen atoms in total. The Morgan fingerprint density at radius 2 is 1.96 bits per heavy atom. The fourth-order valence-electron chi connectivity index (χ4n) is 3.30. The van der Waals surface area contributed by atoms with Gasteiger partial charge in [0.25, 0.3) is 0 Å². The third-order valence-corrected chi connectivity index (χ3v) is 5.77. The van der Waals surface area contributed by atoms with Crippen LogP contribution in [0.2, 0.25) is 0 Å². The lowest BCUT2D eigenvalue weighted by molar-refractivity contribution is -0.121. The molecule has 1 aromatic carbocycles. The number of carboxylic acids is 1. The predicted octanol–water partition coefficient (Wildman–Crippen LogP) is 3.39. The lowest BCUT2D eigenvalue weighted by atomic mass is 9.89. The van der Waals surface area contributed by atoms with Crippen molar-refractivity contribution in [2.24, 2.45) is 11.8 Å². The summed E-state index contributed by atoms with van der Waals surface area (Å²) in [5.74, 6) is 4.74. The summed E-state index contributed by atoms with van der Waals surface area (Å²) in [5, 5.41) is 19.2. The number of carboxylic acid groups (broad SMARTS) is 1. The average Bonchev–Trinajstić information content (AvgIpc) is 3.19. The van der Waals surface area contributed by atoms with E-state index in [1.165, 1.54) is 11.3 Å². The first-order chi connectivity index (χ1) is 12.5. The van der Waals surface area contributed by atoms with Crippen molar-refractivity contribution in [3.05, 3.63) is 57.8 Å². The normalized spacial score (nSPS) is 22.0. The van der Waals surface area contributed by atoms with E-state index in [1.807, 2.05) is 36.4 Å². The van der Waals surface area contributed by atoms with Gasteiger partial charge in [-0.15, -0.1) is 11.3 Å². The molecule has 3 rings (SSSR count). The lowest BCUT2D eigenvalue weighted by Gasteiger charge is -2.15. The Balaban J connectivity index is 1.62. The van der Waals surface area contributed by atoms with Gasteiger partial charge in [0, 0.05) is 22.8 Å². The zero-order chi connectivity index (χ0) is 18.5. The molecule has 0 aliphatic heterocycles. The molecule has 5 heteroatoms. The minimum atomic E-state index is -0.911. The Morgan fingerprint density at radius 1 is 1.19 bits per heavy atom. The number of ketones is 1. The molecule has 0 radical (unpaired) electrons. The largest absolute Gasteiger partial charge is 0.477 e. The average molecular weight is 368 g/mol. The van der Waals surface area contributed by atoms with E-state index in [1.54, 1.807) is 6.07 Å². The van der Waals surface area contributed by atoms with Gasteiger partial charge in [-0.2, -0.15) is 0 Å². The van der Waals surface area contributed by atoms with E-state index in [0.717, 1.165) is 23.3 Å². The van der Waals surface area contributed by atoms with E-state index in [4.69, 9.17) is 5.11 Å². The highest BCUT2D eigenvalue weighted by atomic mass is 32.1. The maximum atomic E-state index is 12.2. The van der Waals surface area contributed by atoms with Gasteiger partial charge in [-0.05, 0) is 43.5 Å². The molecule has 0 amide bonds. The molecule has 1 aliphatic carbocycles. The molecule has 26 heavy (non-hydrogen) atoms. The fraction of sp³-hybridized carbons (Fsp3) is 0.333. The van der Waals surface area contributed by atoms with Crippen molar-refractivity contribution in [3.8, 4) is 11.8 Å². The Bertz CT molecular complexity index is 844. The standard InChI is InChI=1S/C21H20O4S/c22-18-13-19(23)17(11-9-14-5-2-1-3-6-14)16(18)8-4-7-15-10-12-20(26-15)21(24)25/h1-3,5-6,10,12,16-17,19,23H,4,7-8,13H2,(H,24,25). The first kappa shape index (κ1) is 18.4. The van der Waals surface area contributed by atoms with Crippen LogP contribution in [0, 0.1) is 23.7 Å². The number of benzene rings is 1. The fourth-order valence-corrected chi connectivity index (χ4v) is 4.19. The van der Waals surface area contributed by atoms with Gasteiger partial charge in [0.15, 0.2) is 0 Å². The maximum absolute atomic E-state index is 12.2. The molecule has 2 aromatic rings. The van der Waals surface area contributed by atoms with Crippen LogP contribution in [0.5, 0.6) is 0 Å². The van der Waals surface area contributed by atoms with Crippen molar-refractivity contribution in [1.82, 2.24) is 0 Å². The second-order valence-electron chi connectivity index (χ2n) is 6.47. The molecule has 3 unspecified atom stereocenters. The van der Waals surface area contributed by atoms with Crippen LogP contribution < -0.4 is 0 Å². The van der Waals surface area contributed by atoms with E-state index in [0.29, 0.717) is 11.3 Å². The van der Waals surface area contributed by atoms with E-state index in [-0.39, 0.29) is 24.0 Å². The number of rotatable bonds is 5. The minimum absolute atomic E-state index is 0.0715. The Kier molecular flexibility index (Phi) is 5.87. The maximum Gasteiger partial charge on any atom is 0.345 e. The molecule has 0 saturated heterocycles. The highest BCUT2D eigenvalue weighted by molar-refractivity contribution is 7.13. The predicted molar refractivity (Wildman–Crippen MR) is 100 cm³/mol. The SMILES string of the molecule is O=C(O)c1ccc(CCCC2C(=O)CC(O)C2C#Cc2ccccc2)s1. The van der Waals surface area contributed by atoms with Gasteiger partial charge in [0.1, 0.15) is 10.7 Å². The molecule has 0 bridgehead atoms. The topological polar surface area (TPSA) is 74.6 Å². The van der Waals surface area contributed by atoms with Gasteiger partial charge < -0.3 is 10.2 Å². The minimum Gasteiger partial charge on any atom is -0.477 e. The van der Waals surface area contributed by atoms with Gasteiger partial charge in [-0.3, -0.25) is 4.79 Å². The number of thiophene rings is 1. The van der Waals surface area contributed by atoms with Crippen LogP contribution in [0.4, 0.5) is 0 Å². The van der Waals surface area contributed by atoms with Gasteiger partial charge in [-0.25, -0.2) is 4.79 Å². The molecule has 0 spiro atoms. The quantitative estimate of drug-likeness (QED) is 0.794. The molecule has 1 aromatic heterocycles. The highest BCUT2D eigenvalue weighted by Gasteiger charge is 2.40. The van der Waals surface area contributed by atoms with Crippen molar-refractivity contribution in [2.45, 2.75) is 31.8 Å². The van der Waals surface area contributed by atoms with Crippen molar-refractivity contribution in [2.75, 3.05) is 0 Å². The number of aliphatic hydroxyl groups is 1. The number of hydrogen-bond donors (Lipinski definition) is 2. The van der Waals surface area contributed by atoms with E-state index in [2.05, 4.69) is 11.8 Å². The van der Waals surface area contributed by atoms with E-state index in [9.17, 15) is 14.7 Å². The number of carbonyl (C=O) groups excluding carboxylic acids is 1. The van der Waals surface area contributed by atoms with Gasteiger partial charge >= 0.3 is 5.97 Å². The first-order valence-corrected chi connectivity index (χ1v) is 9.45. The third kappa shape index (κ3) is 4.40. The van der Waals surface area contributed by atoms with Crippen LogP contribution in [-0.4, -0.2) is 28.1 Å². The Morgan fingerprint density at radius 3 is 2.65 bits per heavy atom. The third-order valence-electron chi connectivity index (χ3n) is 4.64. The van der Waals surface area contributed by atoms with Gasteiger partial charge in [0.05, 0.1) is 12.0 Å². The molecule has 1 fully saturated rings. The van der Waals surface area contributed by atoms with Crippen molar-refractivity contribution in [3.63, 3.8) is 0 Å². The Hall–Kier alpha value is -2.42. The van der Waals surface area contributed by atoms with Crippen molar-refractivity contribution < 1.29 is 19.8 Å². The monoisotopic (exact) mass is 368 g/mol. The number of hydrogen-bond acceptors (Lipinski definition) is 4. The molecular formula is C21H20O4S. The van der Waals surface area contributed by atoms with Crippen LogP contribution in [-0.2, 0) is 11.2 Å². The second kappa shape index (κ2) is 8.31. The number of aromatic carboxylic acids is 1. The summed E-state index contributed by atoms with van der Waals surface area (Å²) < 4.78 is 0. The first-order valence-electron chi connectivity index (χ1n) is 8.64. The molecule has 2 N–H and O–H groups in total. The summed E-state index contributed by atoms with van der Waals surface area (Å²) in [6.07, 6.45) is 1.62. The summed E-state index contributed by atoms with van der Waals surface area (Å²) in [6.45, 7) is 0. The molecule has 1 heterocycles. The van der Waals surface area contributed by atoms with Crippen LogP contribution in [0.1, 0.15) is 39.4 Å².